The molecule has 0 aliphatic heterocycles. The molecule has 0 bridgehead atoms. The lowest BCUT2D eigenvalue weighted by Gasteiger charge is -1.91. The first-order chi connectivity index (χ1) is 5.83. The highest BCUT2D eigenvalue weighted by Gasteiger charge is 1.82. The predicted molar refractivity (Wildman–Crippen MR) is 54.9 cm³/mol. The van der Waals surface area contributed by atoms with Gasteiger partial charge in [0.1, 0.15) is 0 Å². The smallest absolute Gasteiger partial charge is 0.0257 e. The monoisotopic (exact) mass is 158 g/mol. The average Bonchev–Trinajstić information content (AvgIpc) is 2.16. The fourth-order valence-electron chi connectivity index (χ4n) is 0.888. The third-order valence-corrected chi connectivity index (χ3v) is 1.79. The topological polar surface area (TPSA) is 0 Å². The Kier molecular flexibility index (Phi) is 3.34. The highest BCUT2D eigenvalue weighted by atomic mass is 13.9. The van der Waals surface area contributed by atoms with E-state index in [1.165, 1.54) is 11.1 Å². The average molecular weight is 158 g/mol. The third kappa shape index (κ3) is 2.75. The molecule has 0 aliphatic rings. The van der Waals surface area contributed by atoms with Gasteiger partial charge in [0.2, 0.25) is 0 Å². The lowest BCUT2D eigenvalue weighted by Crippen LogP contribution is -1.69. The first-order valence-electron chi connectivity index (χ1n) is 4.19. The van der Waals surface area contributed by atoms with Crippen LogP contribution in [0.3, 0.4) is 0 Å². The van der Waals surface area contributed by atoms with E-state index >= 15 is 0 Å². The van der Waals surface area contributed by atoms with Crippen molar-refractivity contribution in [3.8, 4) is 0 Å². The van der Waals surface area contributed by atoms with E-state index in [-0.39, 0.29) is 0 Å². The van der Waals surface area contributed by atoms with Gasteiger partial charge in [0, 0.05) is 0 Å². The van der Waals surface area contributed by atoms with Crippen molar-refractivity contribution in [1.29, 1.82) is 0 Å². The Morgan fingerprint density at radius 3 is 2.42 bits per heavy atom. The van der Waals surface area contributed by atoms with Gasteiger partial charge < -0.3 is 0 Å². The third-order valence-electron chi connectivity index (χ3n) is 1.79. The molecule has 0 heteroatoms. The van der Waals surface area contributed by atoms with Gasteiger partial charge in [-0.05, 0) is 19.4 Å². The van der Waals surface area contributed by atoms with Crippen molar-refractivity contribution < 1.29 is 0 Å². The highest BCUT2D eigenvalue weighted by Crippen LogP contribution is 2.03. The molecule has 0 aromatic heterocycles. The van der Waals surface area contributed by atoms with Gasteiger partial charge in [-0.15, -0.1) is 0 Å². The molecule has 1 rings (SSSR count). The van der Waals surface area contributed by atoms with Crippen molar-refractivity contribution in [1.82, 2.24) is 0 Å². The van der Waals surface area contributed by atoms with E-state index in [2.05, 4.69) is 37.3 Å². The Morgan fingerprint density at radius 1 is 1.17 bits per heavy atom. The summed E-state index contributed by atoms with van der Waals surface area (Å²) >= 11 is 0. The number of benzene rings is 1. The van der Waals surface area contributed by atoms with Gasteiger partial charge in [-0.3, -0.25) is 0 Å². The lowest BCUT2D eigenvalue weighted by atomic mass is 10.2. The summed E-state index contributed by atoms with van der Waals surface area (Å²) in [5.74, 6) is 0. The van der Waals surface area contributed by atoms with Crippen molar-refractivity contribution >= 4 is 6.08 Å². The fraction of sp³-hybridized carbons (Fsp3) is 0.167. The summed E-state index contributed by atoms with van der Waals surface area (Å²) in [6, 6.07) is 10.3. The molecule has 0 radical (unpaired) electrons. The van der Waals surface area contributed by atoms with Crippen molar-refractivity contribution in [2.24, 2.45) is 0 Å². The van der Waals surface area contributed by atoms with Crippen LogP contribution in [0, 0.1) is 0 Å². The van der Waals surface area contributed by atoms with Crippen LogP contribution in [0.2, 0.25) is 0 Å². The SMILES string of the molecule is CC=C(C)/C=C/c1ccccc1. The van der Waals surface area contributed by atoms with Crippen LogP contribution in [-0.4, -0.2) is 0 Å². The Bertz CT molecular complexity index is 278. The maximum Gasteiger partial charge on any atom is -0.0257 e. The second kappa shape index (κ2) is 4.55. The molecule has 0 atom stereocenters. The van der Waals surface area contributed by atoms with Gasteiger partial charge >= 0.3 is 0 Å². The van der Waals surface area contributed by atoms with Crippen LogP contribution in [0.25, 0.3) is 6.08 Å². The van der Waals surface area contributed by atoms with Crippen LogP contribution in [0.1, 0.15) is 19.4 Å². The molecule has 0 spiro atoms. The van der Waals surface area contributed by atoms with Gasteiger partial charge in [0.15, 0.2) is 0 Å². The molecule has 0 fully saturated rings. The Labute approximate surface area is 74.2 Å². The molecular formula is C12H14. The fourth-order valence-corrected chi connectivity index (χ4v) is 0.888. The predicted octanol–water partition coefficient (Wildman–Crippen LogP) is 3.67. The maximum atomic E-state index is 2.12. The molecule has 12 heavy (non-hydrogen) atoms. The second-order valence-corrected chi connectivity index (χ2v) is 2.78. The minimum atomic E-state index is 1.25. The zero-order valence-corrected chi connectivity index (χ0v) is 7.62. The second-order valence-electron chi connectivity index (χ2n) is 2.78. The van der Waals surface area contributed by atoms with E-state index in [1.54, 1.807) is 0 Å². The highest BCUT2D eigenvalue weighted by molar-refractivity contribution is 5.52. The molecule has 0 aliphatic carbocycles. The van der Waals surface area contributed by atoms with Crippen molar-refractivity contribution in [2.75, 3.05) is 0 Å². The minimum absolute atomic E-state index is 1.25. The summed E-state index contributed by atoms with van der Waals surface area (Å²) in [5, 5.41) is 0. The number of hydrogen-bond donors (Lipinski definition) is 0. The van der Waals surface area contributed by atoms with Crippen molar-refractivity contribution in [3.63, 3.8) is 0 Å². The molecule has 1 aromatic rings. The number of hydrogen-bond acceptors (Lipinski definition) is 0. The molecule has 1 aromatic carbocycles. The van der Waals surface area contributed by atoms with Gasteiger partial charge in [-0.2, -0.15) is 0 Å². The van der Waals surface area contributed by atoms with Crippen molar-refractivity contribution in [2.45, 2.75) is 13.8 Å². The standard InChI is InChI=1S/C12H14/c1-3-11(2)9-10-12-7-5-4-6-8-12/h3-10H,1-2H3/b10-9+,11-3?. The quantitative estimate of drug-likeness (QED) is 0.576. The molecule has 0 saturated heterocycles. The van der Waals surface area contributed by atoms with E-state index in [9.17, 15) is 0 Å². The first-order valence-corrected chi connectivity index (χ1v) is 4.19. The first kappa shape index (κ1) is 8.79. The van der Waals surface area contributed by atoms with Crippen molar-refractivity contribution in [3.05, 3.63) is 53.6 Å². The van der Waals surface area contributed by atoms with E-state index in [0.29, 0.717) is 0 Å². The molecular weight excluding hydrogens is 144 g/mol. The summed E-state index contributed by atoms with van der Waals surface area (Å²) in [6.07, 6.45) is 6.34. The Balaban J connectivity index is 2.70. The van der Waals surface area contributed by atoms with Crippen LogP contribution >= 0.6 is 0 Å². The zero-order valence-electron chi connectivity index (χ0n) is 7.62. The molecule has 62 valence electrons. The summed E-state index contributed by atoms with van der Waals surface area (Å²) < 4.78 is 0. The Morgan fingerprint density at radius 2 is 1.83 bits per heavy atom. The van der Waals surface area contributed by atoms with E-state index < -0.39 is 0 Å². The Hall–Kier alpha value is -1.30. The van der Waals surface area contributed by atoms with Crippen LogP contribution in [-0.2, 0) is 0 Å². The molecule has 0 saturated carbocycles. The zero-order chi connectivity index (χ0) is 8.81. The largest absolute Gasteiger partial charge is 0.0847 e. The molecule has 0 N–H and O–H groups in total. The summed E-state index contributed by atoms with van der Waals surface area (Å²) in [4.78, 5) is 0. The minimum Gasteiger partial charge on any atom is -0.0847 e. The van der Waals surface area contributed by atoms with Crippen LogP contribution in [0.5, 0.6) is 0 Å². The van der Waals surface area contributed by atoms with Gasteiger partial charge in [-0.25, -0.2) is 0 Å². The van der Waals surface area contributed by atoms with Gasteiger partial charge in [-0.1, -0.05) is 54.1 Å². The van der Waals surface area contributed by atoms with Crippen LogP contribution < -0.4 is 0 Å². The molecule has 0 unspecified atom stereocenters. The van der Waals surface area contributed by atoms with E-state index in [1.807, 2.05) is 25.1 Å². The summed E-state index contributed by atoms with van der Waals surface area (Å²) in [5.41, 5.74) is 2.54. The van der Waals surface area contributed by atoms with E-state index in [4.69, 9.17) is 0 Å². The van der Waals surface area contributed by atoms with E-state index in [0.717, 1.165) is 0 Å². The maximum absolute atomic E-state index is 2.12. The van der Waals surface area contributed by atoms with Gasteiger partial charge in [0.25, 0.3) is 0 Å². The number of rotatable bonds is 2. The normalized spacial score (nSPS) is 12.3. The molecule has 0 nitrogen and oxygen atoms in total. The van der Waals surface area contributed by atoms with Crippen LogP contribution in [0.4, 0.5) is 0 Å². The molecule has 0 heterocycles. The van der Waals surface area contributed by atoms with Gasteiger partial charge in [0.05, 0.1) is 0 Å². The summed E-state index contributed by atoms with van der Waals surface area (Å²) in [7, 11) is 0. The summed E-state index contributed by atoms with van der Waals surface area (Å²) in [6.45, 7) is 4.14. The molecule has 0 amide bonds. The lowest BCUT2D eigenvalue weighted by molar-refractivity contribution is 1.48. The number of allylic oxidation sites excluding steroid dienone is 3. The van der Waals surface area contributed by atoms with Crippen LogP contribution in [0.15, 0.2) is 48.1 Å².